The van der Waals surface area contributed by atoms with Crippen LogP contribution in [0.15, 0.2) is 61.0 Å². The number of carbonyl (C=O) groups is 3. The van der Waals surface area contributed by atoms with Gasteiger partial charge < -0.3 is 9.47 Å². The van der Waals surface area contributed by atoms with Crippen molar-refractivity contribution in [3.8, 4) is 0 Å². The first-order valence-corrected chi connectivity index (χ1v) is 13.6. The number of hydrogen-bond acceptors (Lipinski definition) is 8. The Morgan fingerprint density at radius 1 is 0.972 bits per heavy atom. The molecule has 1 amide bonds. The molecule has 4 rings (SSSR count). The Morgan fingerprint density at radius 3 is 2.11 bits per heavy atom. The lowest BCUT2D eigenvalue weighted by Gasteiger charge is -2.45. The van der Waals surface area contributed by atoms with E-state index in [1.807, 2.05) is 57.2 Å². The van der Waals surface area contributed by atoms with E-state index < -0.39 is 17.5 Å². The lowest BCUT2D eigenvalue weighted by atomic mass is 9.82. The Hall–Kier alpha value is -2.40. The first-order chi connectivity index (χ1) is 17.0. The highest BCUT2D eigenvalue weighted by atomic mass is 79.9. The van der Waals surface area contributed by atoms with Crippen LogP contribution in [0.25, 0.3) is 5.57 Å². The summed E-state index contributed by atoms with van der Waals surface area (Å²) in [7, 11) is 2.53. The molecule has 0 saturated heterocycles. The van der Waals surface area contributed by atoms with E-state index in [1.165, 1.54) is 14.2 Å². The molecular formula is C26H22BrNO5S3. The lowest BCUT2D eigenvalue weighted by molar-refractivity contribution is -0.138. The van der Waals surface area contributed by atoms with Gasteiger partial charge in [0.15, 0.2) is 0 Å². The van der Waals surface area contributed by atoms with Crippen molar-refractivity contribution in [1.82, 2.24) is 0 Å². The molecule has 186 valence electrons. The number of amides is 1. The molecule has 0 radical (unpaired) electrons. The third-order valence-corrected chi connectivity index (χ3v) is 9.81. The van der Waals surface area contributed by atoms with E-state index in [0.29, 0.717) is 30.4 Å². The summed E-state index contributed by atoms with van der Waals surface area (Å²) in [4.78, 5) is 41.4. The largest absolute Gasteiger partial charge is 0.465 e. The summed E-state index contributed by atoms with van der Waals surface area (Å²) in [6.45, 7) is 5.75. The van der Waals surface area contributed by atoms with Crippen LogP contribution >= 0.6 is 51.7 Å². The number of methoxy groups -OCH3 is 2. The fourth-order valence-electron chi connectivity index (χ4n) is 4.05. The van der Waals surface area contributed by atoms with Crippen LogP contribution in [0.5, 0.6) is 0 Å². The van der Waals surface area contributed by atoms with Crippen molar-refractivity contribution in [3.63, 3.8) is 0 Å². The molecule has 2 aromatic carbocycles. The number of fused-ring (bicyclic) bond motifs is 1. The van der Waals surface area contributed by atoms with Gasteiger partial charge in [-0.2, -0.15) is 0 Å². The van der Waals surface area contributed by atoms with E-state index >= 15 is 0 Å². The number of ether oxygens (including phenoxy) is 2. The van der Waals surface area contributed by atoms with E-state index in [9.17, 15) is 14.4 Å². The van der Waals surface area contributed by atoms with Crippen molar-refractivity contribution in [2.45, 2.75) is 26.3 Å². The molecular weight excluding hydrogens is 582 g/mol. The summed E-state index contributed by atoms with van der Waals surface area (Å²) in [5, 5.41) is 0. The minimum Gasteiger partial charge on any atom is -0.465 e. The number of hydrogen-bond donors (Lipinski definition) is 0. The first kappa shape index (κ1) is 26.7. The second-order valence-corrected chi connectivity index (χ2v) is 12.1. The van der Waals surface area contributed by atoms with Crippen molar-refractivity contribution in [1.29, 1.82) is 0 Å². The predicted octanol–water partition coefficient (Wildman–Crippen LogP) is 6.27. The fourth-order valence-corrected chi connectivity index (χ4v) is 7.54. The number of benzene rings is 2. The van der Waals surface area contributed by atoms with Crippen LogP contribution in [0, 0.1) is 6.92 Å². The highest BCUT2D eigenvalue weighted by molar-refractivity contribution is 9.10. The van der Waals surface area contributed by atoms with Gasteiger partial charge >= 0.3 is 11.9 Å². The first-order valence-electron chi connectivity index (χ1n) is 10.8. The molecule has 0 N–H and O–H groups in total. The Balaban J connectivity index is 1.93. The highest BCUT2D eigenvalue weighted by Gasteiger charge is 2.46. The van der Waals surface area contributed by atoms with Crippen molar-refractivity contribution in [2.75, 3.05) is 19.1 Å². The van der Waals surface area contributed by atoms with Crippen LogP contribution in [-0.4, -0.2) is 42.5 Å². The normalized spacial score (nSPS) is 16.7. The van der Waals surface area contributed by atoms with Crippen molar-refractivity contribution in [3.05, 3.63) is 77.7 Å². The molecule has 36 heavy (non-hydrogen) atoms. The van der Waals surface area contributed by atoms with Crippen LogP contribution in [0.1, 0.15) is 35.3 Å². The molecule has 0 atom stereocenters. The molecule has 6 nitrogen and oxygen atoms in total. The van der Waals surface area contributed by atoms with E-state index in [4.69, 9.17) is 21.7 Å². The molecule has 0 saturated carbocycles. The van der Waals surface area contributed by atoms with Gasteiger partial charge in [0.25, 0.3) is 5.91 Å². The minimum absolute atomic E-state index is 0.151. The lowest BCUT2D eigenvalue weighted by Crippen LogP contribution is -2.56. The Labute approximate surface area is 231 Å². The molecule has 0 unspecified atom stereocenters. The number of thioether (sulfide) groups is 2. The van der Waals surface area contributed by atoms with Crippen LogP contribution < -0.4 is 4.90 Å². The smallest absolute Gasteiger partial charge is 0.346 e. The summed E-state index contributed by atoms with van der Waals surface area (Å²) in [6, 6.07) is 13.1. The van der Waals surface area contributed by atoms with Gasteiger partial charge in [-0.05, 0) is 61.0 Å². The average Bonchev–Trinajstić information content (AvgIpc) is 3.29. The van der Waals surface area contributed by atoms with Gasteiger partial charge in [-0.1, -0.05) is 59.5 Å². The quantitative estimate of drug-likeness (QED) is 0.231. The number of aryl methyl sites for hydroxylation is 1. The zero-order chi connectivity index (χ0) is 26.4. The van der Waals surface area contributed by atoms with E-state index in [0.717, 1.165) is 34.7 Å². The van der Waals surface area contributed by atoms with Gasteiger partial charge in [-0.15, -0.1) is 0 Å². The van der Waals surface area contributed by atoms with Gasteiger partial charge in [0.05, 0.1) is 40.1 Å². The molecule has 2 aliphatic heterocycles. The number of esters is 2. The van der Waals surface area contributed by atoms with Gasteiger partial charge in [0, 0.05) is 15.6 Å². The van der Waals surface area contributed by atoms with E-state index in [1.54, 1.807) is 11.0 Å². The monoisotopic (exact) mass is 603 g/mol. The number of carbonyl (C=O) groups excluding carboxylic acids is 3. The molecule has 0 aliphatic carbocycles. The molecule has 2 heterocycles. The zero-order valence-corrected chi connectivity index (χ0v) is 24.2. The van der Waals surface area contributed by atoms with Crippen LogP contribution in [0.2, 0.25) is 0 Å². The topological polar surface area (TPSA) is 72.9 Å². The predicted molar refractivity (Wildman–Crippen MR) is 152 cm³/mol. The Bertz CT molecular complexity index is 1370. The molecule has 10 heteroatoms. The summed E-state index contributed by atoms with van der Waals surface area (Å²) in [5.74, 6) is -1.45. The third kappa shape index (κ3) is 4.44. The second-order valence-electron chi connectivity index (χ2n) is 8.54. The number of thiocarbonyl (C=S) groups is 1. The Kier molecular flexibility index (Phi) is 7.52. The third-order valence-electron chi connectivity index (χ3n) is 5.85. The SMILES string of the molecule is COC(=O)C1=C(C(=O)OC)SC(=C2C(=S)C(C)(C)N(C(=O)c3ccccc3Br)c3ccc(C)cc32)S1. The maximum absolute atomic E-state index is 13.9. The fraction of sp³-hybridized carbons (Fsp3) is 0.231. The maximum Gasteiger partial charge on any atom is 0.346 e. The van der Waals surface area contributed by atoms with Gasteiger partial charge in [-0.25, -0.2) is 9.59 Å². The molecule has 0 aromatic heterocycles. The highest BCUT2D eigenvalue weighted by Crippen LogP contribution is 2.56. The van der Waals surface area contributed by atoms with Gasteiger partial charge in [0.1, 0.15) is 9.81 Å². The molecule has 2 aliphatic rings. The minimum atomic E-state index is -0.896. The van der Waals surface area contributed by atoms with Crippen molar-refractivity contribution >= 4 is 85.6 Å². The zero-order valence-electron chi connectivity index (χ0n) is 20.1. The van der Waals surface area contributed by atoms with E-state index in [-0.39, 0.29) is 15.7 Å². The van der Waals surface area contributed by atoms with Crippen LogP contribution in [-0.2, 0) is 19.1 Å². The Morgan fingerprint density at radius 2 is 1.56 bits per heavy atom. The maximum atomic E-state index is 13.9. The summed E-state index contributed by atoms with van der Waals surface area (Å²) < 4.78 is 11.2. The summed E-state index contributed by atoms with van der Waals surface area (Å²) in [6.07, 6.45) is 0. The molecule has 0 fully saturated rings. The number of rotatable bonds is 3. The molecule has 0 bridgehead atoms. The van der Waals surface area contributed by atoms with Crippen LogP contribution in [0.4, 0.5) is 5.69 Å². The van der Waals surface area contributed by atoms with Gasteiger partial charge in [0.2, 0.25) is 0 Å². The van der Waals surface area contributed by atoms with Gasteiger partial charge in [-0.3, -0.25) is 9.69 Å². The number of halogens is 1. The summed E-state index contributed by atoms with van der Waals surface area (Å²) in [5.41, 5.74) is 2.75. The standard InChI is InChI=1S/C26H22BrNO5S3/c1-13-10-11-17-15(12-13)18(25-35-19(23(30)32-4)20(36-25)24(31)33-5)21(34)26(2,3)28(17)22(29)14-8-6-7-9-16(14)27/h6-12H,1-5H3. The average molecular weight is 605 g/mol. The van der Waals surface area contributed by atoms with Crippen molar-refractivity contribution in [2.24, 2.45) is 0 Å². The number of anilines is 1. The molecule has 2 aromatic rings. The molecule has 0 spiro atoms. The number of nitrogens with zero attached hydrogens (tertiary/aromatic N) is 1. The second kappa shape index (κ2) is 10.2. The van der Waals surface area contributed by atoms with E-state index in [2.05, 4.69) is 15.9 Å². The summed E-state index contributed by atoms with van der Waals surface area (Å²) >= 11 is 11.8. The van der Waals surface area contributed by atoms with Crippen LogP contribution in [0.3, 0.4) is 0 Å². The van der Waals surface area contributed by atoms with Crippen molar-refractivity contribution < 1.29 is 23.9 Å².